The van der Waals surface area contributed by atoms with Crippen LogP contribution in [0.5, 0.6) is 5.75 Å². The number of amides is 1. The van der Waals surface area contributed by atoms with Crippen LogP contribution >= 0.6 is 15.9 Å². The maximum Gasteiger partial charge on any atom is 0.255 e. The number of benzene rings is 1. The van der Waals surface area contributed by atoms with Gasteiger partial charge in [0.1, 0.15) is 11.5 Å². The third-order valence-electron chi connectivity index (χ3n) is 2.59. The summed E-state index contributed by atoms with van der Waals surface area (Å²) in [7, 11) is 0. The van der Waals surface area contributed by atoms with Gasteiger partial charge in [0, 0.05) is 16.6 Å². The molecule has 0 atom stereocenters. The van der Waals surface area contributed by atoms with Gasteiger partial charge in [0.2, 0.25) is 0 Å². The molecule has 0 saturated carbocycles. The molecule has 114 valence electrons. The van der Waals surface area contributed by atoms with Crippen LogP contribution in [0.25, 0.3) is 0 Å². The van der Waals surface area contributed by atoms with Crippen molar-refractivity contribution < 1.29 is 26.4 Å². The van der Waals surface area contributed by atoms with Crippen molar-refractivity contribution in [2.45, 2.75) is 13.1 Å². The molecule has 0 unspecified atom stereocenters. The zero-order chi connectivity index (χ0) is 14.4. The number of furan rings is 1. The van der Waals surface area contributed by atoms with Crippen LogP contribution < -0.4 is 28.2 Å². The van der Waals surface area contributed by atoms with E-state index in [1.165, 1.54) is 0 Å². The maximum absolute atomic E-state index is 10.8. The highest BCUT2D eigenvalue weighted by Crippen LogP contribution is 2.23. The molecule has 0 fully saturated rings. The lowest BCUT2D eigenvalue weighted by molar-refractivity contribution is -0.119. The molecule has 1 aromatic carbocycles. The Bertz CT molecular complexity index is 576. The summed E-state index contributed by atoms with van der Waals surface area (Å²) in [6.45, 7) is 1.08. The van der Waals surface area contributed by atoms with Gasteiger partial charge in [-0.05, 0) is 30.3 Å². The van der Waals surface area contributed by atoms with Crippen LogP contribution in [-0.2, 0) is 17.9 Å². The number of hydrogen-bond acceptors (Lipinski definition) is 4. The third kappa shape index (κ3) is 5.79. The molecule has 0 radical (unpaired) electrons. The zero-order valence-corrected chi connectivity index (χ0v) is 13.5. The van der Waals surface area contributed by atoms with Crippen molar-refractivity contribution in [1.82, 2.24) is 5.32 Å². The number of nitrogens with one attached hydrogen (secondary N) is 1. The Morgan fingerprint density at radius 1 is 1.33 bits per heavy atom. The van der Waals surface area contributed by atoms with E-state index in [0.717, 1.165) is 15.8 Å². The van der Waals surface area contributed by atoms with E-state index in [0.29, 0.717) is 18.8 Å². The van der Waals surface area contributed by atoms with E-state index in [2.05, 4.69) is 21.2 Å². The second-order valence-corrected chi connectivity index (χ2v) is 5.11. The molecule has 5 nitrogen and oxygen atoms in total. The van der Waals surface area contributed by atoms with Crippen molar-refractivity contribution in [1.29, 1.82) is 0 Å². The molecule has 7 heteroatoms. The maximum atomic E-state index is 10.8. The smallest absolute Gasteiger partial charge is 0.255 e. The SMILES string of the molecule is NC(=O)COc1ccc(Br)cc1CNCc1ccco1.[Cl-]. The molecule has 0 aliphatic carbocycles. The first-order valence-electron chi connectivity index (χ1n) is 6.08. The molecule has 1 aromatic heterocycles. The topological polar surface area (TPSA) is 77.5 Å². The fourth-order valence-corrected chi connectivity index (χ4v) is 2.12. The van der Waals surface area contributed by atoms with E-state index in [9.17, 15) is 4.79 Å². The number of nitrogens with two attached hydrogens (primary N) is 1. The second kappa shape index (κ2) is 8.71. The molecular formula is C14H15BrClN2O3-. The highest BCUT2D eigenvalue weighted by atomic mass is 79.9. The number of rotatable bonds is 7. The molecule has 0 spiro atoms. The molecule has 0 bridgehead atoms. The number of carbonyl (C=O) groups excluding carboxylic acids is 1. The number of ether oxygens (including phenoxy) is 1. The van der Waals surface area contributed by atoms with E-state index < -0.39 is 5.91 Å². The van der Waals surface area contributed by atoms with Crippen LogP contribution in [-0.4, -0.2) is 12.5 Å². The van der Waals surface area contributed by atoms with Crippen molar-refractivity contribution >= 4 is 21.8 Å². The van der Waals surface area contributed by atoms with Crippen molar-refractivity contribution in [3.63, 3.8) is 0 Å². The summed E-state index contributed by atoms with van der Waals surface area (Å²) in [5.74, 6) is 1.00. The Hall–Kier alpha value is -1.50. The molecule has 1 amide bonds. The fraction of sp³-hybridized carbons (Fsp3) is 0.214. The van der Waals surface area contributed by atoms with Crippen molar-refractivity contribution in [2.24, 2.45) is 5.73 Å². The van der Waals surface area contributed by atoms with Crippen LogP contribution in [0.15, 0.2) is 45.5 Å². The fourth-order valence-electron chi connectivity index (χ4n) is 1.71. The molecular weight excluding hydrogens is 360 g/mol. The first-order valence-corrected chi connectivity index (χ1v) is 6.87. The summed E-state index contributed by atoms with van der Waals surface area (Å²) in [5, 5.41) is 3.25. The Kier molecular flexibility index (Phi) is 7.28. The van der Waals surface area contributed by atoms with Crippen molar-refractivity contribution in [3.05, 3.63) is 52.4 Å². The van der Waals surface area contributed by atoms with Crippen LogP contribution in [0.3, 0.4) is 0 Å². The average Bonchev–Trinajstić information content (AvgIpc) is 2.91. The molecule has 3 N–H and O–H groups in total. The Labute approximate surface area is 137 Å². The summed E-state index contributed by atoms with van der Waals surface area (Å²) in [6.07, 6.45) is 1.64. The first kappa shape index (κ1) is 17.6. The molecule has 2 rings (SSSR count). The predicted octanol–water partition coefficient (Wildman–Crippen LogP) is -0.800. The Morgan fingerprint density at radius 3 is 2.81 bits per heavy atom. The summed E-state index contributed by atoms with van der Waals surface area (Å²) < 4.78 is 11.6. The van der Waals surface area contributed by atoms with Gasteiger partial charge >= 0.3 is 0 Å². The lowest BCUT2D eigenvalue weighted by atomic mass is 10.2. The standard InChI is InChI=1S/C14H15BrN2O3.ClH/c15-11-3-4-13(20-9-14(16)18)10(6-11)7-17-8-12-2-1-5-19-12;/h1-6,17H,7-9H2,(H2,16,18);1H/p-1. The summed E-state index contributed by atoms with van der Waals surface area (Å²) in [6, 6.07) is 9.34. The van der Waals surface area contributed by atoms with Crippen LogP contribution in [0.1, 0.15) is 11.3 Å². The summed E-state index contributed by atoms with van der Waals surface area (Å²) >= 11 is 3.41. The molecule has 0 aliphatic rings. The van der Waals surface area contributed by atoms with Gasteiger partial charge in [0.15, 0.2) is 6.61 Å². The lowest BCUT2D eigenvalue weighted by Gasteiger charge is -2.11. The molecule has 1 heterocycles. The predicted molar refractivity (Wildman–Crippen MR) is 78.1 cm³/mol. The number of halogens is 2. The van der Waals surface area contributed by atoms with Crippen LogP contribution in [0, 0.1) is 0 Å². The molecule has 21 heavy (non-hydrogen) atoms. The van der Waals surface area contributed by atoms with Gasteiger partial charge in [-0.3, -0.25) is 4.79 Å². The van der Waals surface area contributed by atoms with Gasteiger partial charge in [-0.1, -0.05) is 15.9 Å². The summed E-state index contributed by atoms with van der Waals surface area (Å²) in [4.78, 5) is 10.8. The van der Waals surface area contributed by atoms with Gasteiger partial charge in [-0.25, -0.2) is 0 Å². The minimum atomic E-state index is -0.498. The molecule has 0 saturated heterocycles. The largest absolute Gasteiger partial charge is 1.00 e. The Balaban J connectivity index is 0.00000220. The normalized spacial score (nSPS) is 9.95. The lowest BCUT2D eigenvalue weighted by Crippen LogP contribution is -3.00. The van der Waals surface area contributed by atoms with E-state index in [1.54, 1.807) is 12.3 Å². The molecule has 0 aliphatic heterocycles. The van der Waals surface area contributed by atoms with Crippen LogP contribution in [0.4, 0.5) is 0 Å². The number of primary amides is 1. The minimum absolute atomic E-state index is 0. The minimum Gasteiger partial charge on any atom is -1.00 e. The van der Waals surface area contributed by atoms with Crippen molar-refractivity contribution in [3.8, 4) is 5.75 Å². The van der Waals surface area contributed by atoms with E-state index >= 15 is 0 Å². The first-order chi connectivity index (χ1) is 9.65. The van der Waals surface area contributed by atoms with E-state index in [-0.39, 0.29) is 19.0 Å². The molecule has 2 aromatic rings. The Morgan fingerprint density at radius 2 is 2.14 bits per heavy atom. The van der Waals surface area contributed by atoms with E-state index in [1.807, 2.05) is 24.3 Å². The number of carbonyl (C=O) groups is 1. The van der Waals surface area contributed by atoms with Gasteiger partial charge in [-0.2, -0.15) is 0 Å². The summed E-state index contributed by atoms with van der Waals surface area (Å²) in [5.41, 5.74) is 6.02. The monoisotopic (exact) mass is 373 g/mol. The zero-order valence-electron chi connectivity index (χ0n) is 11.1. The van der Waals surface area contributed by atoms with Crippen LogP contribution in [0.2, 0.25) is 0 Å². The second-order valence-electron chi connectivity index (χ2n) is 4.19. The average molecular weight is 375 g/mol. The highest BCUT2D eigenvalue weighted by Gasteiger charge is 2.06. The van der Waals surface area contributed by atoms with Gasteiger partial charge in [0.25, 0.3) is 5.91 Å². The van der Waals surface area contributed by atoms with Gasteiger partial charge in [-0.15, -0.1) is 0 Å². The van der Waals surface area contributed by atoms with Gasteiger partial charge < -0.3 is 32.6 Å². The van der Waals surface area contributed by atoms with E-state index in [4.69, 9.17) is 14.9 Å². The third-order valence-corrected chi connectivity index (χ3v) is 3.08. The highest BCUT2D eigenvalue weighted by molar-refractivity contribution is 9.10. The quantitative estimate of drug-likeness (QED) is 0.665. The number of hydrogen-bond donors (Lipinski definition) is 2. The van der Waals surface area contributed by atoms with Gasteiger partial charge in [0.05, 0.1) is 12.8 Å². The van der Waals surface area contributed by atoms with Crippen molar-refractivity contribution in [2.75, 3.05) is 6.61 Å².